The number of aryl methyl sites for hydroxylation is 2. The average molecular weight is 398 g/mol. The molecule has 0 aromatic carbocycles. The molecule has 0 spiro atoms. The third kappa shape index (κ3) is 4.07. The molecule has 0 bridgehead atoms. The van der Waals surface area contributed by atoms with Crippen LogP contribution in [0.1, 0.15) is 43.1 Å². The Morgan fingerprint density at radius 3 is 2.76 bits per heavy atom. The van der Waals surface area contributed by atoms with E-state index in [1.54, 1.807) is 23.8 Å². The third-order valence-electron chi connectivity index (χ3n) is 4.61. The second-order valence-corrected chi connectivity index (χ2v) is 7.09. The van der Waals surface area contributed by atoms with Crippen molar-refractivity contribution in [3.05, 3.63) is 51.4 Å². The highest BCUT2D eigenvalue weighted by Crippen LogP contribution is 2.13. The van der Waals surface area contributed by atoms with Gasteiger partial charge >= 0.3 is 5.97 Å². The molecule has 1 N–H and O–H groups in total. The molecule has 0 aliphatic carbocycles. The summed E-state index contributed by atoms with van der Waals surface area (Å²) in [6, 6.07) is 5.07. The number of nitrogens with one attached hydrogen (secondary N) is 1. The fourth-order valence-corrected chi connectivity index (χ4v) is 3.22. The summed E-state index contributed by atoms with van der Waals surface area (Å²) < 4.78 is 13.7. The molecule has 0 aliphatic rings. The molecular weight excluding hydrogens is 372 g/mol. The lowest BCUT2D eigenvalue weighted by Gasteiger charge is -2.15. The van der Waals surface area contributed by atoms with Crippen LogP contribution in [0.25, 0.3) is 16.7 Å². The zero-order valence-corrected chi connectivity index (χ0v) is 17.2. The summed E-state index contributed by atoms with van der Waals surface area (Å²) in [6.45, 7) is 8.57. The predicted octanol–water partition coefficient (Wildman–Crippen LogP) is 2.43. The summed E-state index contributed by atoms with van der Waals surface area (Å²) >= 11 is 0. The Balaban J connectivity index is 2.25. The van der Waals surface area contributed by atoms with Crippen molar-refractivity contribution in [3.8, 4) is 0 Å². The first-order valence-corrected chi connectivity index (χ1v) is 9.74. The number of hydrogen-bond acceptors (Lipinski definition) is 6. The topological polar surface area (TPSA) is 98.7 Å². The Morgan fingerprint density at radius 1 is 1.31 bits per heavy atom. The Morgan fingerprint density at radius 2 is 2.07 bits per heavy atom. The second-order valence-electron chi connectivity index (χ2n) is 7.09. The summed E-state index contributed by atoms with van der Waals surface area (Å²) in [4.78, 5) is 30.2. The van der Waals surface area contributed by atoms with Gasteiger partial charge in [-0.05, 0) is 51.8 Å². The van der Waals surface area contributed by atoms with E-state index in [9.17, 15) is 9.59 Å². The number of carbonyl (C=O) groups excluding carboxylic acids is 1. The first-order chi connectivity index (χ1) is 13.8. The van der Waals surface area contributed by atoms with Crippen LogP contribution < -0.4 is 11.0 Å². The smallest absolute Gasteiger partial charge is 0.341 e. The van der Waals surface area contributed by atoms with E-state index in [4.69, 9.17) is 14.9 Å². The monoisotopic (exact) mass is 398 g/mol. The molecule has 0 amide bonds. The molecule has 8 heteroatoms. The van der Waals surface area contributed by atoms with Crippen LogP contribution in [-0.2, 0) is 16.0 Å². The van der Waals surface area contributed by atoms with Gasteiger partial charge in [0.1, 0.15) is 22.3 Å². The molecule has 29 heavy (non-hydrogen) atoms. The Bertz CT molecular complexity index is 1180. The van der Waals surface area contributed by atoms with E-state index in [-0.39, 0.29) is 34.7 Å². The number of aromatic nitrogens is 3. The van der Waals surface area contributed by atoms with E-state index in [1.165, 1.54) is 10.5 Å². The number of pyridine rings is 2. The highest BCUT2D eigenvalue weighted by atomic mass is 16.5. The van der Waals surface area contributed by atoms with E-state index in [2.05, 4.69) is 4.98 Å². The van der Waals surface area contributed by atoms with Gasteiger partial charge in [-0.3, -0.25) is 14.6 Å². The van der Waals surface area contributed by atoms with Gasteiger partial charge in [-0.1, -0.05) is 6.07 Å². The summed E-state index contributed by atoms with van der Waals surface area (Å²) in [6.07, 6.45) is 2.37. The minimum absolute atomic E-state index is 0.0228. The zero-order valence-electron chi connectivity index (χ0n) is 17.2. The van der Waals surface area contributed by atoms with E-state index in [1.807, 2.05) is 26.8 Å². The van der Waals surface area contributed by atoms with Crippen molar-refractivity contribution in [2.24, 2.45) is 0 Å². The SMILES string of the molecule is CCOC(=O)c1cc2c(=O)n3cccc(C)c3nc2n(CCCOC(C)C)c1=N. The molecule has 3 aromatic heterocycles. The fourth-order valence-electron chi connectivity index (χ4n) is 3.22. The maximum absolute atomic E-state index is 13.1. The van der Waals surface area contributed by atoms with Gasteiger partial charge in [0, 0.05) is 19.3 Å². The number of nitrogens with zero attached hydrogens (tertiary/aromatic N) is 3. The molecule has 8 nitrogen and oxygen atoms in total. The molecule has 3 aromatic rings. The molecule has 3 rings (SSSR count). The zero-order chi connectivity index (χ0) is 21.1. The molecule has 0 aliphatic heterocycles. The lowest BCUT2D eigenvalue weighted by atomic mass is 10.2. The quantitative estimate of drug-likeness (QED) is 0.374. The van der Waals surface area contributed by atoms with Gasteiger partial charge < -0.3 is 14.0 Å². The number of hydrogen-bond donors (Lipinski definition) is 1. The van der Waals surface area contributed by atoms with Gasteiger partial charge in [0.2, 0.25) is 0 Å². The maximum Gasteiger partial charge on any atom is 0.341 e. The average Bonchev–Trinajstić information content (AvgIpc) is 2.67. The number of fused-ring (bicyclic) bond motifs is 2. The van der Waals surface area contributed by atoms with E-state index < -0.39 is 5.97 Å². The Labute approximate surface area is 168 Å². The van der Waals surface area contributed by atoms with E-state index in [0.717, 1.165) is 5.56 Å². The maximum atomic E-state index is 13.1. The van der Waals surface area contributed by atoms with Crippen LogP contribution in [-0.4, -0.2) is 39.2 Å². The highest BCUT2D eigenvalue weighted by Gasteiger charge is 2.18. The summed E-state index contributed by atoms with van der Waals surface area (Å²) in [5, 5.41) is 8.84. The van der Waals surface area contributed by atoms with Crippen molar-refractivity contribution in [2.75, 3.05) is 13.2 Å². The molecule has 154 valence electrons. The predicted molar refractivity (Wildman–Crippen MR) is 109 cm³/mol. The van der Waals surface area contributed by atoms with Gasteiger partial charge in [0.15, 0.2) is 0 Å². The van der Waals surface area contributed by atoms with E-state index >= 15 is 0 Å². The van der Waals surface area contributed by atoms with Crippen molar-refractivity contribution in [2.45, 2.75) is 46.8 Å². The molecule has 3 heterocycles. The minimum atomic E-state index is -0.625. The second kappa shape index (κ2) is 8.57. The fraction of sp³-hybridized carbons (Fsp3) is 0.429. The third-order valence-corrected chi connectivity index (χ3v) is 4.61. The van der Waals surface area contributed by atoms with Gasteiger partial charge in [0.05, 0.1) is 18.1 Å². The molecule has 0 saturated carbocycles. The number of ether oxygens (including phenoxy) is 2. The van der Waals surface area contributed by atoms with Gasteiger partial charge in [-0.25, -0.2) is 9.78 Å². The molecule has 0 radical (unpaired) electrons. The standard InChI is InChI=1S/C21H26N4O4/c1-5-28-21(27)15-12-16-19(24(17(15)22)10-7-11-29-13(2)3)23-18-14(4)8-6-9-25(18)20(16)26/h6,8-9,12-13,22H,5,7,10-11H2,1-4H3. The van der Waals surface area contributed by atoms with Crippen molar-refractivity contribution in [3.63, 3.8) is 0 Å². The van der Waals surface area contributed by atoms with E-state index in [0.29, 0.717) is 30.9 Å². The van der Waals surface area contributed by atoms with Crippen LogP contribution in [0.5, 0.6) is 0 Å². The van der Waals surface area contributed by atoms with Crippen LogP contribution in [0.4, 0.5) is 0 Å². The van der Waals surface area contributed by atoms with Crippen molar-refractivity contribution in [1.82, 2.24) is 14.0 Å². The Hall–Kier alpha value is -3.00. The van der Waals surface area contributed by atoms with Gasteiger partial charge in [-0.2, -0.15) is 0 Å². The molecular formula is C21H26N4O4. The first kappa shape index (κ1) is 20.7. The van der Waals surface area contributed by atoms with Crippen LogP contribution in [0.15, 0.2) is 29.2 Å². The number of carbonyl (C=O) groups is 1. The van der Waals surface area contributed by atoms with Gasteiger partial charge in [-0.15, -0.1) is 0 Å². The van der Waals surface area contributed by atoms with Crippen LogP contribution >= 0.6 is 0 Å². The molecule has 0 atom stereocenters. The molecule has 0 fully saturated rings. The summed E-state index contributed by atoms with van der Waals surface area (Å²) in [5.74, 6) is -0.625. The van der Waals surface area contributed by atoms with Crippen LogP contribution in [0.3, 0.4) is 0 Å². The van der Waals surface area contributed by atoms with Crippen LogP contribution in [0.2, 0.25) is 0 Å². The molecule has 0 unspecified atom stereocenters. The summed E-state index contributed by atoms with van der Waals surface area (Å²) in [5.41, 5.74) is 1.50. The van der Waals surface area contributed by atoms with Crippen LogP contribution in [0, 0.1) is 12.3 Å². The summed E-state index contributed by atoms with van der Waals surface area (Å²) in [7, 11) is 0. The van der Waals surface area contributed by atoms with Gasteiger partial charge in [0.25, 0.3) is 5.56 Å². The number of esters is 1. The largest absolute Gasteiger partial charge is 0.462 e. The Kier molecular flexibility index (Phi) is 6.12. The molecule has 0 saturated heterocycles. The highest BCUT2D eigenvalue weighted by molar-refractivity contribution is 5.93. The lowest BCUT2D eigenvalue weighted by Crippen LogP contribution is -2.31. The van der Waals surface area contributed by atoms with Crippen molar-refractivity contribution >= 4 is 22.6 Å². The first-order valence-electron chi connectivity index (χ1n) is 9.74. The van der Waals surface area contributed by atoms with Crippen molar-refractivity contribution in [1.29, 1.82) is 5.41 Å². The lowest BCUT2D eigenvalue weighted by molar-refractivity contribution is 0.0523. The normalized spacial score (nSPS) is 11.5. The number of rotatable bonds is 7. The minimum Gasteiger partial charge on any atom is -0.462 e. The van der Waals surface area contributed by atoms with Crippen molar-refractivity contribution < 1.29 is 14.3 Å².